The Kier molecular flexibility index (Phi) is 5.77. The Morgan fingerprint density at radius 3 is 2.67 bits per heavy atom. The molecule has 1 fully saturated rings. The molecule has 0 unspecified atom stereocenters. The summed E-state index contributed by atoms with van der Waals surface area (Å²) >= 11 is 0. The van der Waals surface area contributed by atoms with E-state index in [0.717, 1.165) is 6.42 Å². The van der Waals surface area contributed by atoms with Gasteiger partial charge in [0.15, 0.2) is 0 Å². The second-order valence-electron chi connectivity index (χ2n) is 4.24. The number of imide groups is 1. The molecule has 0 aliphatic carbocycles. The lowest BCUT2D eigenvalue weighted by Gasteiger charge is -2.22. The van der Waals surface area contributed by atoms with Crippen LogP contribution in [0.3, 0.4) is 0 Å². The van der Waals surface area contributed by atoms with Crippen LogP contribution in [0.2, 0.25) is 0 Å². The summed E-state index contributed by atoms with van der Waals surface area (Å²) in [4.78, 5) is 37.5. The first kappa shape index (κ1) is 14.6. The van der Waals surface area contributed by atoms with Crippen LogP contribution < -0.4 is 0 Å². The summed E-state index contributed by atoms with van der Waals surface area (Å²) in [5, 5.41) is 0. The first-order valence-corrected chi connectivity index (χ1v) is 6.20. The smallest absolute Gasteiger partial charge is 0.306 e. The molecular weight excluding hydrogens is 236 g/mol. The molecule has 2 amide bonds. The zero-order valence-electron chi connectivity index (χ0n) is 11.0. The summed E-state index contributed by atoms with van der Waals surface area (Å²) in [7, 11) is 1.34. The van der Waals surface area contributed by atoms with Gasteiger partial charge in [-0.3, -0.25) is 24.2 Å². The number of hydrogen-bond acceptors (Lipinski definition) is 5. The Balaban J connectivity index is 2.40. The zero-order chi connectivity index (χ0) is 13.5. The summed E-state index contributed by atoms with van der Waals surface area (Å²) in [6.45, 7) is 3.74. The molecule has 0 atom stereocenters. The maximum Gasteiger partial charge on any atom is 0.306 e. The van der Waals surface area contributed by atoms with Gasteiger partial charge in [-0.2, -0.15) is 0 Å². The van der Waals surface area contributed by atoms with E-state index in [1.54, 1.807) is 0 Å². The van der Waals surface area contributed by atoms with E-state index < -0.39 is 0 Å². The number of esters is 1. The van der Waals surface area contributed by atoms with E-state index >= 15 is 0 Å². The standard InChI is InChI=1S/C12H20N2O4/c1-3-13(8-6-12(17)18-2)9-11(16)14-7-4-5-10(14)15/h3-9H2,1-2H3. The molecule has 102 valence electrons. The van der Waals surface area contributed by atoms with E-state index in [1.807, 2.05) is 11.8 Å². The number of carbonyl (C=O) groups is 3. The highest BCUT2D eigenvalue weighted by atomic mass is 16.5. The van der Waals surface area contributed by atoms with Crippen molar-refractivity contribution in [1.82, 2.24) is 9.80 Å². The summed E-state index contributed by atoms with van der Waals surface area (Å²) in [5.74, 6) is -0.564. The normalized spacial score (nSPS) is 15.3. The summed E-state index contributed by atoms with van der Waals surface area (Å²) in [5.41, 5.74) is 0. The predicted octanol–water partition coefficient (Wildman–Crippen LogP) is 0.0204. The van der Waals surface area contributed by atoms with Gasteiger partial charge in [0.25, 0.3) is 0 Å². The molecule has 6 heteroatoms. The van der Waals surface area contributed by atoms with Gasteiger partial charge in [0.05, 0.1) is 20.1 Å². The predicted molar refractivity (Wildman–Crippen MR) is 64.7 cm³/mol. The highest BCUT2D eigenvalue weighted by molar-refractivity contribution is 5.97. The van der Waals surface area contributed by atoms with Crippen molar-refractivity contribution >= 4 is 17.8 Å². The molecule has 0 bridgehead atoms. The van der Waals surface area contributed by atoms with Gasteiger partial charge in [-0.15, -0.1) is 0 Å². The SMILES string of the molecule is CCN(CCC(=O)OC)CC(=O)N1CCCC1=O. The topological polar surface area (TPSA) is 66.9 Å². The monoisotopic (exact) mass is 256 g/mol. The Labute approximate surface area is 107 Å². The molecule has 0 aromatic rings. The van der Waals surface area contributed by atoms with E-state index in [2.05, 4.69) is 4.74 Å². The fourth-order valence-corrected chi connectivity index (χ4v) is 1.89. The number of ether oxygens (including phenoxy) is 1. The second kappa shape index (κ2) is 7.10. The summed E-state index contributed by atoms with van der Waals surface area (Å²) in [6, 6.07) is 0. The molecular formula is C12H20N2O4. The molecule has 0 N–H and O–H groups in total. The number of amides is 2. The van der Waals surface area contributed by atoms with Crippen LogP contribution in [0.15, 0.2) is 0 Å². The Morgan fingerprint density at radius 1 is 1.44 bits per heavy atom. The van der Waals surface area contributed by atoms with Gasteiger partial charge in [0, 0.05) is 19.5 Å². The summed E-state index contributed by atoms with van der Waals surface area (Å²) < 4.78 is 4.55. The second-order valence-corrected chi connectivity index (χ2v) is 4.24. The Morgan fingerprint density at radius 2 is 2.17 bits per heavy atom. The van der Waals surface area contributed by atoms with Crippen LogP contribution in [-0.4, -0.2) is 60.9 Å². The third-order valence-corrected chi connectivity index (χ3v) is 3.04. The number of likely N-dealkylation sites (tertiary alicyclic amines) is 1. The van der Waals surface area contributed by atoms with E-state index in [4.69, 9.17) is 0 Å². The molecule has 1 aliphatic rings. The molecule has 0 radical (unpaired) electrons. The maximum absolute atomic E-state index is 11.9. The van der Waals surface area contributed by atoms with Crippen molar-refractivity contribution in [3.63, 3.8) is 0 Å². The van der Waals surface area contributed by atoms with Crippen molar-refractivity contribution in [2.75, 3.05) is 33.3 Å². The van der Waals surface area contributed by atoms with Crippen LogP contribution in [-0.2, 0) is 19.1 Å². The van der Waals surface area contributed by atoms with Crippen LogP contribution in [0.5, 0.6) is 0 Å². The van der Waals surface area contributed by atoms with E-state index in [1.165, 1.54) is 12.0 Å². The highest BCUT2D eigenvalue weighted by Gasteiger charge is 2.27. The van der Waals surface area contributed by atoms with Gasteiger partial charge in [0.2, 0.25) is 11.8 Å². The quantitative estimate of drug-likeness (QED) is 0.627. The third-order valence-electron chi connectivity index (χ3n) is 3.04. The largest absolute Gasteiger partial charge is 0.469 e. The molecule has 0 aromatic carbocycles. The third kappa shape index (κ3) is 4.10. The molecule has 1 rings (SSSR count). The molecule has 0 spiro atoms. The van der Waals surface area contributed by atoms with Crippen LogP contribution in [0, 0.1) is 0 Å². The van der Waals surface area contributed by atoms with Gasteiger partial charge < -0.3 is 4.74 Å². The first-order valence-electron chi connectivity index (χ1n) is 6.20. The van der Waals surface area contributed by atoms with Crippen molar-refractivity contribution in [2.24, 2.45) is 0 Å². The number of rotatable bonds is 6. The van der Waals surface area contributed by atoms with Crippen molar-refractivity contribution < 1.29 is 19.1 Å². The van der Waals surface area contributed by atoms with Gasteiger partial charge in [-0.1, -0.05) is 6.92 Å². The van der Waals surface area contributed by atoms with Crippen LogP contribution in [0.4, 0.5) is 0 Å². The molecule has 1 heterocycles. The lowest BCUT2D eigenvalue weighted by atomic mass is 10.3. The van der Waals surface area contributed by atoms with Crippen LogP contribution in [0.1, 0.15) is 26.2 Å². The fraction of sp³-hybridized carbons (Fsp3) is 0.750. The number of methoxy groups -OCH3 is 1. The fourth-order valence-electron chi connectivity index (χ4n) is 1.89. The minimum atomic E-state index is -0.293. The van der Waals surface area contributed by atoms with Crippen LogP contribution in [0.25, 0.3) is 0 Å². The average Bonchev–Trinajstić information content (AvgIpc) is 2.80. The Hall–Kier alpha value is -1.43. The van der Waals surface area contributed by atoms with E-state index in [0.29, 0.717) is 26.1 Å². The van der Waals surface area contributed by atoms with Crippen molar-refractivity contribution in [3.8, 4) is 0 Å². The molecule has 1 saturated heterocycles. The number of nitrogens with zero attached hydrogens (tertiary/aromatic N) is 2. The average molecular weight is 256 g/mol. The van der Waals surface area contributed by atoms with Crippen molar-refractivity contribution in [1.29, 1.82) is 0 Å². The van der Waals surface area contributed by atoms with E-state index in [-0.39, 0.29) is 30.7 Å². The van der Waals surface area contributed by atoms with Gasteiger partial charge in [0.1, 0.15) is 0 Å². The lowest BCUT2D eigenvalue weighted by Crippen LogP contribution is -2.41. The molecule has 0 saturated carbocycles. The lowest BCUT2D eigenvalue weighted by molar-refractivity contribution is -0.144. The Bertz CT molecular complexity index is 330. The van der Waals surface area contributed by atoms with Gasteiger partial charge in [-0.05, 0) is 13.0 Å². The molecule has 0 aromatic heterocycles. The number of likely N-dealkylation sites (N-methyl/N-ethyl adjacent to an activating group) is 1. The minimum Gasteiger partial charge on any atom is -0.469 e. The highest BCUT2D eigenvalue weighted by Crippen LogP contribution is 2.10. The minimum absolute atomic E-state index is 0.0935. The first-order chi connectivity index (χ1) is 8.58. The van der Waals surface area contributed by atoms with Gasteiger partial charge in [-0.25, -0.2) is 0 Å². The van der Waals surface area contributed by atoms with Crippen molar-refractivity contribution in [2.45, 2.75) is 26.2 Å². The van der Waals surface area contributed by atoms with Crippen LogP contribution >= 0.6 is 0 Å². The molecule has 18 heavy (non-hydrogen) atoms. The number of hydrogen-bond donors (Lipinski definition) is 0. The summed E-state index contributed by atoms with van der Waals surface area (Å²) in [6.07, 6.45) is 1.46. The van der Waals surface area contributed by atoms with Crippen molar-refractivity contribution in [3.05, 3.63) is 0 Å². The number of carbonyl (C=O) groups excluding carboxylic acids is 3. The zero-order valence-corrected chi connectivity index (χ0v) is 11.0. The molecule has 1 aliphatic heterocycles. The maximum atomic E-state index is 11.9. The molecule has 6 nitrogen and oxygen atoms in total. The van der Waals surface area contributed by atoms with Gasteiger partial charge >= 0.3 is 5.97 Å². The van der Waals surface area contributed by atoms with E-state index in [9.17, 15) is 14.4 Å².